The molecule has 94 valence electrons. The van der Waals surface area contributed by atoms with Crippen molar-refractivity contribution in [1.29, 1.82) is 0 Å². The number of benzene rings is 2. The maximum atomic E-state index is 12.3. The van der Waals surface area contributed by atoms with Gasteiger partial charge in [-0.15, -0.1) is 0 Å². The summed E-state index contributed by atoms with van der Waals surface area (Å²) in [4.78, 5) is 0.836. The molecule has 2 aromatic rings. The zero-order valence-electron chi connectivity index (χ0n) is 10.6. The molecule has 2 nitrogen and oxygen atoms in total. The van der Waals surface area contributed by atoms with Gasteiger partial charge in [-0.2, -0.15) is 0 Å². The van der Waals surface area contributed by atoms with E-state index in [9.17, 15) is 4.21 Å². The van der Waals surface area contributed by atoms with Crippen LogP contribution in [0.2, 0.25) is 0 Å². The lowest BCUT2D eigenvalue weighted by molar-refractivity contribution is 0.682. The van der Waals surface area contributed by atoms with E-state index in [2.05, 4.69) is 6.07 Å². The second-order valence-electron chi connectivity index (χ2n) is 4.50. The zero-order chi connectivity index (χ0) is 13.1. The molecule has 0 saturated heterocycles. The molecule has 0 fully saturated rings. The Morgan fingerprint density at radius 3 is 2.56 bits per heavy atom. The first-order valence-electron chi connectivity index (χ1n) is 5.86. The van der Waals surface area contributed by atoms with E-state index in [0.29, 0.717) is 5.75 Å². The average Bonchev–Trinajstić information content (AvgIpc) is 2.32. The number of aryl methyl sites for hydroxylation is 2. The molecule has 0 aliphatic carbocycles. The quantitative estimate of drug-likeness (QED) is 0.860. The first-order chi connectivity index (χ1) is 8.56. The van der Waals surface area contributed by atoms with Gasteiger partial charge in [-0.3, -0.25) is 4.21 Å². The van der Waals surface area contributed by atoms with Gasteiger partial charge >= 0.3 is 0 Å². The molecule has 0 aromatic heterocycles. The highest BCUT2D eigenvalue weighted by molar-refractivity contribution is 7.84. The standard InChI is InChI=1S/C15H17NOS/c1-11-4-3-5-13(8-11)10-18(17)14-6-7-15(16)12(2)9-14/h3-9H,10,16H2,1-2H3. The molecule has 18 heavy (non-hydrogen) atoms. The van der Waals surface area contributed by atoms with Gasteiger partial charge in [-0.25, -0.2) is 0 Å². The van der Waals surface area contributed by atoms with Crippen LogP contribution in [-0.2, 0) is 16.6 Å². The van der Waals surface area contributed by atoms with Crippen molar-refractivity contribution in [2.24, 2.45) is 0 Å². The average molecular weight is 259 g/mol. The molecule has 1 unspecified atom stereocenters. The highest BCUT2D eigenvalue weighted by Gasteiger charge is 2.06. The monoisotopic (exact) mass is 259 g/mol. The van der Waals surface area contributed by atoms with Crippen LogP contribution in [0, 0.1) is 13.8 Å². The molecule has 3 heteroatoms. The van der Waals surface area contributed by atoms with E-state index in [-0.39, 0.29) is 0 Å². The molecule has 0 radical (unpaired) electrons. The summed E-state index contributed by atoms with van der Waals surface area (Å²) in [6.07, 6.45) is 0. The van der Waals surface area contributed by atoms with Crippen molar-refractivity contribution in [3.63, 3.8) is 0 Å². The Bertz CT molecular complexity index is 593. The first kappa shape index (κ1) is 12.8. The number of hydrogen-bond donors (Lipinski definition) is 1. The maximum Gasteiger partial charge on any atom is 0.0574 e. The lowest BCUT2D eigenvalue weighted by atomic mass is 10.2. The van der Waals surface area contributed by atoms with Crippen LogP contribution in [0.1, 0.15) is 16.7 Å². The Labute approximate surface area is 110 Å². The second-order valence-corrected chi connectivity index (χ2v) is 5.95. The Morgan fingerprint density at radius 1 is 1.11 bits per heavy atom. The molecule has 0 bridgehead atoms. The highest BCUT2D eigenvalue weighted by atomic mass is 32.2. The van der Waals surface area contributed by atoms with Crippen LogP contribution in [0.15, 0.2) is 47.4 Å². The molecule has 2 aromatic carbocycles. The van der Waals surface area contributed by atoms with Gasteiger partial charge in [0, 0.05) is 10.6 Å². The minimum Gasteiger partial charge on any atom is -0.399 e. The summed E-state index contributed by atoms with van der Waals surface area (Å²) in [6, 6.07) is 13.7. The molecule has 2 N–H and O–H groups in total. The van der Waals surface area contributed by atoms with E-state index in [1.165, 1.54) is 5.56 Å². The van der Waals surface area contributed by atoms with Crippen LogP contribution in [0.4, 0.5) is 5.69 Å². The molecule has 0 spiro atoms. The van der Waals surface area contributed by atoms with Crippen molar-refractivity contribution in [1.82, 2.24) is 0 Å². The third kappa shape index (κ3) is 2.99. The summed E-state index contributed by atoms with van der Waals surface area (Å²) in [6.45, 7) is 3.97. The predicted octanol–water partition coefficient (Wildman–Crippen LogP) is 3.19. The fourth-order valence-electron chi connectivity index (χ4n) is 1.83. The molecule has 0 aliphatic rings. The van der Waals surface area contributed by atoms with Crippen LogP contribution in [0.5, 0.6) is 0 Å². The van der Waals surface area contributed by atoms with E-state index in [4.69, 9.17) is 5.73 Å². The lowest BCUT2D eigenvalue weighted by Gasteiger charge is -2.06. The summed E-state index contributed by atoms with van der Waals surface area (Å²) in [5.41, 5.74) is 9.77. The van der Waals surface area contributed by atoms with Crippen molar-refractivity contribution in [2.75, 3.05) is 5.73 Å². The number of rotatable bonds is 3. The topological polar surface area (TPSA) is 43.1 Å². The van der Waals surface area contributed by atoms with Crippen LogP contribution >= 0.6 is 0 Å². The number of nitrogen functional groups attached to an aromatic ring is 1. The van der Waals surface area contributed by atoms with Crippen LogP contribution < -0.4 is 5.73 Å². The number of anilines is 1. The van der Waals surface area contributed by atoms with Gasteiger partial charge in [-0.05, 0) is 43.2 Å². The first-order valence-corrected chi connectivity index (χ1v) is 7.18. The van der Waals surface area contributed by atoms with Gasteiger partial charge in [0.15, 0.2) is 0 Å². The largest absolute Gasteiger partial charge is 0.399 e. The third-order valence-corrected chi connectivity index (χ3v) is 4.26. The molecular formula is C15H17NOS. The highest BCUT2D eigenvalue weighted by Crippen LogP contribution is 2.18. The molecule has 0 heterocycles. The lowest BCUT2D eigenvalue weighted by Crippen LogP contribution is -1.98. The minimum atomic E-state index is -1.02. The molecule has 0 amide bonds. The summed E-state index contributed by atoms with van der Waals surface area (Å²) >= 11 is 0. The fraction of sp³-hybridized carbons (Fsp3) is 0.200. The Morgan fingerprint density at radius 2 is 1.89 bits per heavy atom. The Hall–Kier alpha value is -1.61. The molecule has 0 saturated carbocycles. The Kier molecular flexibility index (Phi) is 3.82. The van der Waals surface area contributed by atoms with E-state index in [1.807, 2.05) is 50.2 Å². The van der Waals surface area contributed by atoms with Crippen molar-refractivity contribution in [3.8, 4) is 0 Å². The minimum absolute atomic E-state index is 0.547. The third-order valence-electron chi connectivity index (χ3n) is 2.88. The molecule has 1 atom stereocenters. The van der Waals surface area contributed by atoms with Crippen molar-refractivity contribution < 1.29 is 4.21 Å². The SMILES string of the molecule is Cc1cccc(CS(=O)c2ccc(N)c(C)c2)c1. The summed E-state index contributed by atoms with van der Waals surface area (Å²) in [5, 5.41) is 0. The normalized spacial score (nSPS) is 12.3. The predicted molar refractivity (Wildman–Crippen MR) is 76.9 cm³/mol. The molecular weight excluding hydrogens is 242 g/mol. The molecule has 2 rings (SSSR count). The summed E-state index contributed by atoms with van der Waals surface area (Å²) in [7, 11) is -1.02. The summed E-state index contributed by atoms with van der Waals surface area (Å²) < 4.78 is 12.3. The Balaban J connectivity index is 2.19. The van der Waals surface area contributed by atoms with E-state index in [0.717, 1.165) is 21.7 Å². The molecule has 0 aliphatic heterocycles. The zero-order valence-corrected chi connectivity index (χ0v) is 11.5. The number of nitrogens with two attached hydrogens (primary N) is 1. The van der Waals surface area contributed by atoms with E-state index < -0.39 is 10.8 Å². The van der Waals surface area contributed by atoms with Crippen molar-refractivity contribution in [3.05, 3.63) is 59.2 Å². The second kappa shape index (κ2) is 5.36. The van der Waals surface area contributed by atoms with E-state index >= 15 is 0 Å². The van der Waals surface area contributed by atoms with Crippen molar-refractivity contribution in [2.45, 2.75) is 24.5 Å². The van der Waals surface area contributed by atoms with Gasteiger partial charge in [-0.1, -0.05) is 29.8 Å². The van der Waals surface area contributed by atoms with E-state index in [1.54, 1.807) is 0 Å². The van der Waals surface area contributed by atoms with Gasteiger partial charge < -0.3 is 5.73 Å². The summed E-state index contributed by atoms with van der Waals surface area (Å²) in [5.74, 6) is 0.547. The smallest absolute Gasteiger partial charge is 0.0574 e. The number of hydrogen-bond acceptors (Lipinski definition) is 2. The van der Waals surface area contributed by atoms with Crippen molar-refractivity contribution >= 4 is 16.5 Å². The van der Waals surface area contributed by atoms with Gasteiger partial charge in [0.2, 0.25) is 0 Å². The van der Waals surface area contributed by atoms with Crippen LogP contribution in [0.25, 0.3) is 0 Å². The van der Waals surface area contributed by atoms with Crippen LogP contribution in [-0.4, -0.2) is 4.21 Å². The fourth-order valence-corrected chi connectivity index (χ4v) is 3.00. The van der Waals surface area contributed by atoms with Gasteiger partial charge in [0.05, 0.1) is 16.6 Å². The van der Waals surface area contributed by atoms with Gasteiger partial charge in [0.25, 0.3) is 0 Å². The maximum absolute atomic E-state index is 12.3. The van der Waals surface area contributed by atoms with Gasteiger partial charge in [0.1, 0.15) is 0 Å². The van der Waals surface area contributed by atoms with Crippen LogP contribution in [0.3, 0.4) is 0 Å².